The summed E-state index contributed by atoms with van der Waals surface area (Å²) in [4.78, 5) is 10.8. The Morgan fingerprint density at radius 1 is 1.33 bits per heavy atom. The number of carbonyl (C=O) groups is 1. The number of nitrogens with two attached hydrogens (primary N) is 1. The van der Waals surface area contributed by atoms with Gasteiger partial charge in [0, 0.05) is 5.56 Å². The quantitative estimate of drug-likeness (QED) is 0.765. The average Bonchev–Trinajstić information content (AvgIpc) is 2.18. The molecule has 1 rings (SSSR count). The SMILES string of the molecule is CC(C)=CCOc1ccc(C(N)=O)cc1. The molecule has 0 saturated heterocycles. The van der Waals surface area contributed by atoms with Crippen LogP contribution in [-0.2, 0) is 0 Å². The number of ether oxygens (including phenoxy) is 1. The molecule has 1 aromatic rings. The van der Waals surface area contributed by atoms with E-state index in [1.54, 1.807) is 24.3 Å². The van der Waals surface area contributed by atoms with E-state index in [2.05, 4.69) is 0 Å². The summed E-state index contributed by atoms with van der Waals surface area (Å²) in [5.41, 5.74) is 6.82. The highest BCUT2D eigenvalue weighted by molar-refractivity contribution is 5.92. The molecule has 1 aromatic carbocycles. The van der Waals surface area contributed by atoms with E-state index < -0.39 is 5.91 Å². The predicted octanol–water partition coefficient (Wildman–Crippen LogP) is 2.13. The van der Waals surface area contributed by atoms with Crippen LogP contribution in [-0.4, -0.2) is 12.5 Å². The maximum atomic E-state index is 10.8. The first-order chi connectivity index (χ1) is 7.09. The second-order valence-corrected chi connectivity index (χ2v) is 3.48. The molecule has 3 nitrogen and oxygen atoms in total. The Morgan fingerprint density at radius 3 is 2.40 bits per heavy atom. The molecule has 2 N–H and O–H groups in total. The van der Waals surface area contributed by atoms with E-state index in [4.69, 9.17) is 10.5 Å². The normalized spacial score (nSPS) is 9.47. The number of rotatable bonds is 4. The zero-order valence-electron chi connectivity index (χ0n) is 8.99. The van der Waals surface area contributed by atoms with Crippen LogP contribution in [0.2, 0.25) is 0 Å². The van der Waals surface area contributed by atoms with Gasteiger partial charge >= 0.3 is 0 Å². The summed E-state index contributed by atoms with van der Waals surface area (Å²) in [6, 6.07) is 6.78. The van der Waals surface area contributed by atoms with Crippen molar-refractivity contribution >= 4 is 5.91 Å². The third kappa shape index (κ3) is 3.85. The van der Waals surface area contributed by atoms with Gasteiger partial charge in [-0.25, -0.2) is 0 Å². The zero-order chi connectivity index (χ0) is 11.3. The Hall–Kier alpha value is -1.77. The fraction of sp³-hybridized carbons (Fsp3) is 0.250. The molecule has 15 heavy (non-hydrogen) atoms. The van der Waals surface area contributed by atoms with Gasteiger partial charge in [-0.15, -0.1) is 0 Å². The maximum Gasteiger partial charge on any atom is 0.248 e. The van der Waals surface area contributed by atoms with E-state index in [1.165, 1.54) is 5.57 Å². The van der Waals surface area contributed by atoms with Crippen molar-refractivity contribution < 1.29 is 9.53 Å². The van der Waals surface area contributed by atoms with Gasteiger partial charge in [0.15, 0.2) is 0 Å². The molecule has 0 atom stereocenters. The van der Waals surface area contributed by atoms with Gasteiger partial charge in [-0.1, -0.05) is 5.57 Å². The highest BCUT2D eigenvalue weighted by Crippen LogP contribution is 2.11. The molecule has 0 fully saturated rings. The van der Waals surface area contributed by atoms with E-state index in [9.17, 15) is 4.79 Å². The lowest BCUT2D eigenvalue weighted by Crippen LogP contribution is -2.10. The molecule has 0 aliphatic heterocycles. The van der Waals surface area contributed by atoms with Gasteiger partial charge in [0.1, 0.15) is 12.4 Å². The fourth-order valence-electron chi connectivity index (χ4n) is 1.02. The summed E-state index contributed by atoms with van der Waals surface area (Å²) in [5, 5.41) is 0. The first-order valence-corrected chi connectivity index (χ1v) is 4.75. The molecule has 0 radical (unpaired) electrons. The lowest BCUT2D eigenvalue weighted by atomic mass is 10.2. The van der Waals surface area contributed by atoms with Gasteiger partial charge in [-0.3, -0.25) is 4.79 Å². The molecular weight excluding hydrogens is 190 g/mol. The summed E-state index contributed by atoms with van der Waals surface area (Å²) >= 11 is 0. The third-order valence-electron chi connectivity index (χ3n) is 1.88. The Balaban J connectivity index is 2.57. The molecule has 80 valence electrons. The van der Waals surface area contributed by atoms with E-state index in [0.29, 0.717) is 12.2 Å². The number of hydrogen-bond acceptors (Lipinski definition) is 2. The van der Waals surface area contributed by atoms with E-state index >= 15 is 0 Å². The van der Waals surface area contributed by atoms with Crippen LogP contribution < -0.4 is 10.5 Å². The van der Waals surface area contributed by atoms with Gasteiger partial charge in [-0.05, 0) is 44.2 Å². The molecule has 1 amide bonds. The molecule has 0 aromatic heterocycles. The van der Waals surface area contributed by atoms with Crippen LogP contribution >= 0.6 is 0 Å². The van der Waals surface area contributed by atoms with Crippen molar-refractivity contribution in [2.75, 3.05) is 6.61 Å². The second kappa shape index (κ2) is 5.20. The van der Waals surface area contributed by atoms with Crippen LogP contribution in [0.5, 0.6) is 5.75 Å². The van der Waals surface area contributed by atoms with Crippen molar-refractivity contribution in [2.24, 2.45) is 5.73 Å². The smallest absolute Gasteiger partial charge is 0.248 e. The number of carbonyl (C=O) groups excluding carboxylic acids is 1. The van der Waals surface area contributed by atoms with Crippen LogP contribution in [0.1, 0.15) is 24.2 Å². The lowest BCUT2D eigenvalue weighted by molar-refractivity contribution is 0.100. The van der Waals surface area contributed by atoms with E-state index in [1.807, 2.05) is 19.9 Å². The Kier molecular flexibility index (Phi) is 3.92. The van der Waals surface area contributed by atoms with Crippen molar-refractivity contribution in [2.45, 2.75) is 13.8 Å². The summed E-state index contributed by atoms with van der Waals surface area (Å²) in [6.45, 7) is 4.57. The van der Waals surface area contributed by atoms with Crippen molar-refractivity contribution in [3.05, 3.63) is 41.5 Å². The maximum absolute atomic E-state index is 10.8. The molecule has 0 aliphatic carbocycles. The van der Waals surface area contributed by atoms with E-state index in [-0.39, 0.29) is 0 Å². The monoisotopic (exact) mass is 205 g/mol. The van der Waals surface area contributed by atoms with Crippen LogP contribution in [0.4, 0.5) is 0 Å². The molecule has 0 aliphatic rings. The first kappa shape index (κ1) is 11.3. The van der Waals surface area contributed by atoms with Gasteiger partial charge in [0.05, 0.1) is 0 Å². The van der Waals surface area contributed by atoms with Gasteiger partial charge < -0.3 is 10.5 Å². The van der Waals surface area contributed by atoms with Gasteiger partial charge in [-0.2, -0.15) is 0 Å². The number of amides is 1. The second-order valence-electron chi connectivity index (χ2n) is 3.48. The highest BCUT2D eigenvalue weighted by atomic mass is 16.5. The summed E-state index contributed by atoms with van der Waals surface area (Å²) in [5.74, 6) is 0.309. The molecular formula is C12H15NO2. The minimum atomic E-state index is -0.425. The number of hydrogen-bond donors (Lipinski definition) is 1. The van der Waals surface area contributed by atoms with Gasteiger partial charge in [0.25, 0.3) is 0 Å². The Morgan fingerprint density at radius 2 is 1.93 bits per heavy atom. The molecule has 0 unspecified atom stereocenters. The third-order valence-corrected chi connectivity index (χ3v) is 1.88. The average molecular weight is 205 g/mol. The summed E-state index contributed by atoms with van der Waals surface area (Å²) in [7, 11) is 0. The Bertz CT molecular complexity index is 362. The Labute approximate surface area is 89.5 Å². The molecule has 0 bridgehead atoms. The number of primary amides is 1. The topological polar surface area (TPSA) is 52.3 Å². The van der Waals surface area contributed by atoms with Crippen molar-refractivity contribution in [1.29, 1.82) is 0 Å². The van der Waals surface area contributed by atoms with Gasteiger partial charge in [0.2, 0.25) is 5.91 Å². The van der Waals surface area contributed by atoms with Crippen molar-refractivity contribution in [3.63, 3.8) is 0 Å². The van der Waals surface area contributed by atoms with Crippen LogP contribution in [0, 0.1) is 0 Å². The highest BCUT2D eigenvalue weighted by Gasteiger charge is 1.99. The van der Waals surface area contributed by atoms with Crippen molar-refractivity contribution in [1.82, 2.24) is 0 Å². The van der Waals surface area contributed by atoms with Crippen LogP contribution in [0.25, 0.3) is 0 Å². The van der Waals surface area contributed by atoms with E-state index in [0.717, 1.165) is 5.75 Å². The minimum absolute atomic E-state index is 0.425. The molecule has 0 spiro atoms. The lowest BCUT2D eigenvalue weighted by Gasteiger charge is -2.03. The zero-order valence-corrected chi connectivity index (χ0v) is 8.99. The fourth-order valence-corrected chi connectivity index (χ4v) is 1.02. The minimum Gasteiger partial charge on any atom is -0.490 e. The van der Waals surface area contributed by atoms with Crippen LogP contribution in [0.3, 0.4) is 0 Å². The van der Waals surface area contributed by atoms with Crippen molar-refractivity contribution in [3.8, 4) is 5.75 Å². The number of benzene rings is 1. The largest absolute Gasteiger partial charge is 0.490 e. The molecule has 0 saturated carbocycles. The standard InChI is InChI=1S/C12H15NO2/c1-9(2)7-8-15-11-5-3-10(4-6-11)12(13)14/h3-7H,8H2,1-2H3,(H2,13,14). The predicted molar refractivity (Wildman–Crippen MR) is 59.9 cm³/mol. The summed E-state index contributed by atoms with van der Waals surface area (Å²) < 4.78 is 5.42. The molecule has 0 heterocycles. The first-order valence-electron chi connectivity index (χ1n) is 4.75. The molecule has 3 heteroatoms. The number of allylic oxidation sites excluding steroid dienone is 1. The van der Waals surface area contributed by atoms with Crippen LogP contribution in [0.15, 0.2) is 35.9 Å². The summed E-state index contributed by atoms with van der Waals surface area (Å²) in [6.07, 6.45) is 1.99.